The van der Waals surface area contributed by atoms with Gasteiger partial charge < -0.3 is 20.1 Å². The van der Waals surface area contributed by atoms with Crippen molar-refractivity contribution in [1.29, 1.82) is 0 Å². The predicted octanol–water partition coefficient (Wildman–Crippen LogP) is 1.77. The molecule has 0 bridgehead atoms. The third-order valence-electron chi connectivity index (χ3n) is 4.39. The highest BCUT2D eigenvalue weighted by atomic mass is 16.6. The molecule has 9 nitrogen and oxygen atoms in total. The van der Waals surface area contributed by atoms with E-state index in [0.29, 0.717) is 23.5 Å². The average Bonchev–Trinajstić information content (AvgIpc) is 2.67. The zero-order chi connectivity index (χ0) is 20.8. The van der Waals surface area contributed by atoms with Crippen molar-refractivity contribution in [2.45, 2.75) is 19.8 Å². The highest BCUT2D eigenvalue weighted by Crippen LogP contribution is 2.40. The van der Waals surface area contributed by atoms with Gasteiger partial charge in [0, 0.05) is 30.1 Å². The van der Waals surface area contributed by atoms with E-state index in [1.807, 2.05) is 0 Å². The van der Waals surface area contributed by atoms with E-state index in [-0.39, 0.29) is 23.4 Å². The Bertz CT molecular complexity index is 859. The molecule has 0 aromatic heterocycles. The van der Waals surface area contributed by atoms with Crippen LogP contribution in [0.25, 0.3) is 0 Å². The number of rotatable bonds is 7. The largest absolute Gasteiger partial charge is 0.466 e. The van der Waals surface area contributed by atoms with E-state index >= 15 is 0 Å². The number of methoxy groups -OCH3 is 1. The molecule has 1 atom stereocenters. The summed E-state index contributed by atoms with van der Waals surface area (Å²) in [6.45, 7) is 3.98. The Morgan fingerprint density at radius 2 is 1.86 bits per heavy atom. The Morgan fingerprint density at radius 3 is 2.43 bits per heavy atom. The number of carbonyl (C=O) groups is 2. The van der Waals surface area contributed by atoms with Gasteiger partial charge in [0.2, 0.25) is 0 Å². The van der Waals surface area contributed by atoms with E-state index in [1.165, 1.54) is 25.3 Å². The number of benzene rings is 1. The average molecular weight is 389 g/mol. The molecule has 9 heteroatoms. The van der Waals surface area contributed by atoms with Crippen LogP contribution < -0.4 is 10.6 Å². The monoisotopic (exact) mass is 389 g/mol. The Hall–Kier alpha value is -3.20. The zero-order valence-electron chi connectivity index (χ0n) is 16.2. The summed E-state index contributed by atoms with van der Waals surface area (Å²) in [5, 5.41) is 17.1. The number of non-ortho nitro benzene ring substituents is 1. The minimum atomic E-state index is -0.851. The maximum absolute atomic E-state index is 12.8. The zero-order valence-corrected chi connectivity index (χ0v) is 16.2. The van der Waals surface area contributed by atoms with E-state index < -0.39 is 22.8 Å². The molecule has 1 heterocycles. The second-order valence-electron chi connectivity index (χ2n) is 6.22. The van der Waals surface area contributed by atoms with Gasteiger partial charge in [-0.3, -0.25) is 10.1 Å². The fourth-order valence-corrected chi connectivity index (χ4v) is 3.12. The Morgan fingerprint density at radius 1 is 1.21 bits per heavy atom. The lowest BCUT2D eigenvalue weighted by Gasteiger charge is -2.30. The molecule has 1 unspecified atom stereocenters. The van der Waals surface area contributed by atoms with Crippen molar-refractivity contribution in [3.63, 3.8) is 0 Å². The van der Waals surface area contributed by atoms with Gasteiger partial charge in [0.15, 0.2) is 0 Å². The fourth-order valence-electron chi connectivity index (χ4n) is 3.12. The summed E-state index contributed by atoms with van der Waals surface area (Å²) in [4.78, 5) is 35.9. The number of dihydropyridines is 1. The number of allylic oxidation sites excluding steroid dienone is 2. The third kappa shape index (κ3) is 4.37. The lowest BCUT2D eigenvalue weighted by Crippen LogP contribution is -2.32. The van der Waals surface area contributed by atoms with Crippen LogP contribution in [0.4, 0.5) is 5.69 Å². The third-order valence-corrected chi connectivity index (χ3v) is 4.39. The van der Waals surface area contributed by atoms with Crippen molar-refractivity contribution in [3.05, 3.63) is 62.5 Å². The molecule has 2 N–H and O–H groups in total. The van der Waals surface area contributed by atoms with Crippen molar-refractivity contribution in [1.82, 2.24) is 10.6 Å². The number of nitro benzene ring substituents is 1. The van der Waals surface area contributed by atoms with Crippen LogP contribution in [0, 0.1) is 10.1 Å². The Labute approximate surface area is 162 Å². The highest BCUT2D eigenvalue weighted by Gasteiger charge is 2.38. The number of nitrogens with zero attached hydrogens (tertiary/aromatic N) is 1. The van der Waals surface area contributed by atoms with Crippen molar-refractivity contribution in [2.24, 2.45) is 0 Å². The smallest absolute Gasteiger partial charge is 0.336 e. The van der Waals surface area contributed by atoms with Crippen molar-refractivity contribution in [2.75, 3.05) is 27.3 Å². The minimum absolute atomic E-state index is 0.140. The number of ether oxygens (including phenoxy) is 2. The second kappa shape index (κ2) is 9.14. The molecular weight excluding hydrogens is 366 g/mol. The molecule has 0 aliphatic carbocycles. The Kier molecular flexibility index (Phi) is 6.89. The van der Waals surface area contributed by atoms with Gasteiger partial charge in [-0.05, 0) is 26.5 Å². The molecule has 0 spiro atoms. The van der Waals surface area contributed by atoms with E-state index in [0.717, 1.165) is 0 Å². The van der Waals surface area contributed by atoms with Crippen LogP contribution in [0.15, 0.2) is 46.8 Å². The first-order chi connectivity index (χ1) is 13.3. The molecule has 0 saturated heterocycles. The molecule has 1 aromatic carbocycles. The lowest BCUT2D eigenvalue weighted by atomic mass is 9.80. The number of carbonyl (C=O) groups excluding carboxylic acids is 2. The number of nitro groups is 1. The van der Waals surface area contributed by atoms with Crippen molar-refractivity contribution >= 4 is 17.6 Å². The van der Waals surface area contributed by atoms with E-state index in [2.05, 4.69) is 10.6 Å². The molecule has 0 amide bonds. The van der Waals surface area contributed by atoms with Gasteiger partial charge in [-0.2, -0.15) is 0 Å². The van der Waals surface area contributed by atoms with Crippen molar-refractivity contribution < 1.29 is 24.0 Å². The summed E-state index contributed by atoms with van der Waals surface area (Å²) in [6.07, 6.45) is 0. The van der Waals surface area contributed by atoms with Gasteiger partial charge in [0.1, 0.15) is 6.61 Å². The van der Waals surface area contributed by atoms with Crippen LogP contribution in [0.5, 0.6) is 0 Å². The molecule has 2 rings (SSSR count). The summed E-state index contributed by atoms with van der Waals surface area (Å²) >= 11 is 0. The molecule has 150 valence electrons. The standard InChI is InChI=1S/C19H23N3O6/c1-11-15(18(23)27-4)17(13-6-5-7-14(10-13)22(25)26)16(12(2)21-11)19(24)28-9-8-20-3/h5-7,10,17,20-21H,8-9H2,1-4H3. The number of hydrogen-bond acceptors (Lipinski definition) is 8. The first-order valence-electron chi connectivity index (χ1n) is 8.64. The number of nitrogens with one attached hydrogen (secondary N) is 2. The van der Waals surface area contributed by atoms with E-state index in [9.17, 15) is 19.7 Å². The summed E-state index contributed by atoms with van der Waals surface area (Å²) < 4.78 is 10.2. The first-order valence-corrected chi connectivity index (χ1v) is 8.64. The van der Waals surface area contributed by atoms with Crippen LogP contribution in [0.2, 0.25) is 0 Å². The SMILES string of the molecule is CNCCOC(=O)C1=C(C)NC(C)=C(C(=O)OC)C1c1cccc([N+](=O)[O-])c1. The van der Waals surface area contributed by atoms with Gasteiger partial charge in [0.05, 0.1) is 29.1 Å². The second-order valence-corrected chi connectivity index (χ2v) is 6.22. The van der Waals surface area contributed by atoms with Gasteiger partial charge in [-0.15, -0.1) is 0 Å². The summed E-state index contributed by atoms with van der Waals surface area (Å²) in [6, 6.07) is 5.84. The predicted molar refractivity (Wildman–Crippen MR) is 101 cm³/mol. The molecule has 1 aromatic rings. The van der Waals surface area contributed by atoms with Gasteiger partial charge in [-0.1, -0.05) is 12.1 Å². The topological polar surface area (TPSA) is 120 Å². The van der Waals surface area contributed by atoms with Crippen LogP contribution >= 0.6 is 0 Å². The quantitative estimate of drug-likeness (QED) is 0.313. The normalized spacial score (nSPS) is 16.5. The van der Waals surface area contributed by atoms with Crippen molar-refractivity contribution in [3.8, 4) is 0 Å². The van der Waals surface area contributed by atoms with Gasteiger partial charge >= 0.3 is 11.9 Å². The minimum Gasteiger partial charge on any atom is -0.466 e. The highest BCUT2D eigenvalue weighted by molar-refractivity contribution is 5.99. The molecule has 28 heavy (non-hydrogen) atoms. The molecule has 0 radical (unpaired) electrons. The maximum Gasteiger partial charge on any atom is 0.336 e. The lowest BCUT2D eigenvalue weighted by molar-refractivity contribution is -0.384. The Balaban J connectivity index is 2.60. The first kappa shape index (κ1) is 21.1. The molecular formula is C19H23N3O6. The van der Waals surface area contributed by atoms with Gasteiger partial charge in [-0.25, -0.2) is 9.59 Å². The van der Waals surface area contributed by atoms with Crippen LogP contribution in [0.3, 0.4) is 0 Å². The summed E-state index contributed by atoms with van der Waals surface area (Å²) in [5.74, 6) is -2.09. The van der Waals surface area contributed by atoms with Crippen LogP contribution in [-0.2, 0) is 19.1 Å². The van der Waals surface area contributed by atoms with E-state index in [1.54, 1.807) is 27.0 Å². The molecule has 1 aliphatic rings. The van der Waals surface area contributed by atoms with E-state index in [4.69, 9.17) is 9.47 Å². The number of hydrogen-bond donors (Lipinski definition) is 2. The van der Waals surface area contributed by atoms with Gasteiger partial charge in [0.25, 0.3) is 5.69 Å². The summed E-state index contributed by atoms with van der Waals surface area (Å²) in [7, 11) is 2.97. The number of likely N-dealkylation sites (N-methyl/N-ethyl adjacent to an activating group) is 1. The van der Waals surface area contributed by atoms with Crippen LogP contribution in [-0.4, -0.2) is 44.2 Å². The fraction of sp³-hybridized carbons (Fsp3) is 0.368. The summed E-state index contributed by atoms with van der Waals surface area (Å²) in [5.41, 5.74) is 1.72. The van der Waals surface area contributed by atoms with Crippen LogP contribution in [0.1, 0.15) is 25.3 Å². The molecule has 1 aliphatic heterocycles. The molecule has 0 saturated carbocycles. The number of esters is 2. The maximum atomic E-state index is 12.8. The molecule has 0 fully saturated rings.